The summed E-state index contributed by atoms with van der Waals surface area (Å²) >= 11 is 0. The third-order valence-electron chi connectivity index (χ3n) is 7.62. The molecule has 2 saturated heterocycles. The van der Waals surface area contributed by atoms with E-state index >= 15 is 0 Å². The molecule has 3 atom stereocenters. The van der Waals surface area contributed by atoms with Gasteiger partial charge in [-0.15, -0.1) is 0 Å². The van der Waals surface area contributed by atoms with E-state index in [9.17, 15) is 0 Å². The molecule has 3 nitrogen and oxygen atoms in total. The van der Waals surface area contributed by atoms with Crippen LogP contribution in [0.5, 0.6) is 0 Å². The molecule has 1 aromatic carbocycles. The molecule has 3 heteroatoms. The van der Waals surface area contributed by atoms with Crippen LogP contribution in [0.4, 0.5) is 5.69 Å². The van der Waals surface area contributed by atoms with Gasteiger partial charge in [-0.05, 0) is 69.2 Å². The summed E-state index contributed by atoms with van der Waals surface area (Å²) in [6.07, 6.45) is 8.93. The van der Waals surface area contributed by atoms with Gasteiger partial charge in [0.2, 0.25) is 0 Å². The Kier molecular flexibility index (Phi) is 4.47. The monoisotopic (exact) mass is 339 g/mol. The van der Waals surface area contributed by atoms with Crippen LogP contribution in [0.3, 0.4) is 0 Å². The predicted molar refractivity (Wildman–Crippen MR) is 104 cm³/mol. The maximum absolute atomic E-state index is 2.88. The average Bonchev–Trinajstić information content (AvgIpc) is 3.33. The number of anilines is 1. The fourth-order valence-electron chi connectivity index (χ4n) is 6.23. The van der Waals surface area contributed by atoms with E-state index in [1.165, 1.54) is 77.1 Å². The molecule has 25 heavy (non-hydrogen) atoms. The largest absolute Gasteiger partial charge is 0.369 e. The van der Waals surface area contributed by atoms with Gasteiger partial charge in [-0.3, -0.25) is 9.80 Å². The van der Waals surface area contributed by atoms with Crippen molar-refractivity contribution < 1.29 is 0 Å². The summed E-state index contributed by atoms with van der Waals surface area (Å²) in [6, 6.07) is 12.7. The first kappa shape index (κ1) is 16.1. The molecule has 5 rings (SSSR count). The van der Waals surface area contributed by atoms with Crippen LogP contribution in [0.2, 0.25) is 0 Å². The SMILES string of the molecule is c1ccc(N2CCN(C3CCN([C@H]4C[C@H]5CC[C@H]4C5)CC3)CC2)cc1. The Morgan fingerprint density at radius 2 is 1.44 bits per heavy atom. The van der Waals surface area contributed by atoms with Crippen LogP contribution in [-0.4, -0.2) is 61.2 Å². The summed E-state index contributed by atoms with van der Waals surface area (Å²) in [5, 5.41) is 0. The first-order chi connectivity index (χ1) is 12.4. The van der Waals surface area contributed by atoms with Gasteiger partial charge in [-0.25, -0.2) is 0 Å². The van der Waals surface area contributed by atoms with Crippen LogP contribution in [0.25, 0.3) is 0 Å². The minimum absolute atomic E-state index is 0.841. The van der Waals surface area contributed by atoms with Crippen LogP contribution in [0.15, 0.2) is 30.3 Å². The molecule has 2 aliphatic carbocycles. The molecule has 2 bridgehead atoms. The number of nitrogens with zero attached hydrogens (tertiary/aromatic N) is 3. The molecule has 0 spiro atoms. The number of hydrogen-bond acceptors (Lipinski definition) is 3. The van der Waals surface area contributed by atoms with Crippen molar-refractivity contribution in [2.45, 2.75) is 50.6 Å². The van der Waals surface area contributed by atoms with Crippen molar-refractivity contribution in [2.24, 2.45) is 11.8 Å². The molecule has 0 radical (unpaired) electrons. The Balaban J connectivity index is 1.11. The van der Waals surface area contributed by atoms with Crippen LogP contribution < -0.4 is 4.90 Å². The van der Waals surface area contributed by atoms with Crippen molar-refractivity contribution in [2.75, 3.05) is 44.2 Å². The molecule has 4 aliphatic rings. The Labute approximate surface area is 153 Å². The molecule has 2 aliphatic heterocycles. The highest BCUT2D eigenvalue weighted by atomic mass is 15.3. The Morgan fingerprint density at radius 1 is 0.680 bits per heavy atom. The summed E-state index contributed by atoms with van der Waals surface area (Å²) in [5.74, 6) is 2.13. The van der Waals surface area contributed by atoms with E-state index in [-0.39, 0.29) is 0 Å². The Morgan fingerprint density at radius 3 is 2.08 bits per heavy atom. The fraction of sp³-hybridized carbons (Fsp3) is 0.727. The number of piperazine rings is 1. The molecular formula is C22H33N3. The van der Waals surface area contributed by atoms with Crippen molar-refractivity contribution in [3.8, 4) is 0 Å². The van der Waals surface area contributed by atoms with Gasteiger partial charge in [0, 0.05) is 44.0 Å². The van der Waals surface area contributed by atoms with Crippen molar-refractivity contribution >= 4 is 5.69 Å². The lowest BCUT2D eigenvalue weighted by molar-refractivity contribution is 0.0618. The van der Waals surface area contributed by atoms with E-state index in [0.717, 1.165) is 23.9 Å². The number of benzene rings is 1. The standard InChI is InChI=1S/C22H33N3/c1-2-4-20(5-3-1)23-12-14-24(15-13-23)21-8-10-25(11-9-21)22-17-18-6-7-19(22)16-18/h1-5,18-19,21-22H,6-17H2/t18-,19-,22-/m0/s1. The van der Waals surface area contributed by atoms with Crippen LogP contribution >= 0.6 is 0 Å². The van der Waals surface area contributed by atoms with E-state index in [2.05, 4.69) is 45.0 Å². The fourth-order valence-corrected chi connectivity index (χ4v) is 6.23. The van der Waals surface area contributed by atoms with E-state index in [1.807, 2.05) is 0 Å². The molecule has 0 aromatic heterocycles. The van der Waals surface area contributed by atoms with E-state index in [0.29, 0.717) is 0 Å². The molecule has 0 N–H and O–H groups in total. The Hall–Kier alpha value is -1.06. The highest BCUT2D eigenvalue weighted by molar-refractivity contribution is 5.46. The molecular weight excluding hydrogens is 306 g/mol. The number of fused-ring (bicyclic) bond motifs is 2. The Bertz CT molecular complexity index is 558. The maximum atomic E-state index is 2.88. The molecule has 1 aromatic rings. The molecule has 4 fully saturated rings. The van der Waals surface area contributed by atoms with Gasteiger partial charge < -0.3 is 4.90 Å². The second kappa shape index (κ2) is 6.92. The summed E-state index contributed by atoms with van der Waals surface area (Å²) in [4.78, 5) is 8.22. The molecule has 2 heterocycles. The first-order valence-corrected chi connectivity index (χ1v) is 10.6. The first-order valence-electron chi connectivity index (χ1n) is 10.6. The van der Waals surface area contributed by atoms with Crippen molar-refractivity contribution in [3.05, 3.63) is 30.3 Å². The van der Waals surface area contributed by atoms with Crippen LogP contribution in [-0.2, 0) is 0 Å². The van der Waals surface area contributed by atoms with E-state index < -0.39 is 0 Å². The summed E-state index contributed by atoms with van der Waals surface area (Å²) in [5.41, 5.74) is 1.40. The molecule has 0 amide bonds. The number of likely N-dealkylation sites (tertiary alicyclic amines) is 1. The smallest absolute Gasteiger partial charge is 0.0367 e. The van der Waals surface area contributed by atoms with Crippen molar-refractivity contribution in [3.63, 3.8) is 0 Å². The summed E-state index contributed by atoms with van der Waals surface area (Å²) in [6.45, 7) is 7.59. The van der Waals surface area contributed by atoms with Crippen molar-refractivity contribution in [1.29, 1.82) is 0 Å². The quantitative estimate of drug-likeness (QED) is 0.835. The second-order valence-electron chi connectivity index (χ2n) is 8.87. The lowest BCUT2D eigenvalue weighted by Gasteiger charge is -2.45. The topological polar surface area (TPSA) is 9.72 Å². The molecule has 0 unspecified atom stereocenters. The maximum Gasteiger partial charge on any atom is 0.0367 e. The highest BCUT2D eigenvalue weighted by Gasteiger charge is 2.43. The highest BCUT2D eigenvalue weighted by Crippen LogP contribution is 2.47. The summed E-state index contributed by atoms with van der Waals surface area (Å²) in [7, 11) is 0. The summed E-state index contributed by atoms with van der Waals surface area (Å²) < 4.78 is 0. The second-order valence-corrected chi connectivity index (χ2v) is 8.87. The zero-order valence-electron chi connectivity index (χ0n) is 15.5. The number of rotatable bonds is 3. The number of hydrogen-bond donors (Lipinski definition) is 0. The van der Waals surface area contributed by atoms with Gasteiger partial charge in [0.15, 0.2) is 0 Å². The molecule has 136 valence electrons. The zero-order chi connectivity index (χ0) is 16.6. The zero-order valence-corrected chi connectivity index (χ0v) is 15.5. The van der Waals surface area contributed by atoms with Crippen molar-refractivity contribution in [1.82, 2.24) is 9.80 Å². The van der Waals surface area contributed by atoms with Crippen LogP contribution in [0.1, 0.15) is 38.5 Å². The minimum atomic E-state index is 0.841. The lowest BCUT2D eigenvalue weighted by Crippen LogP contribution is -2.54. The third-order valence-corrected chi connectivity index (χ3v) is 7.62. The average molecular weight is 340 g/mol. The molecule has 2 saturated carbocycles. The third kappa shape index (κ3) is 3.21. The normalized spacial score (nSPS) is 34.7. The predicted octanol–water partition coefficient (Wildman–Crippen LogP) is 3.46. The van der Waals surface area contributed by atoms with Gasteiger partial charge in [-0.1, -0.05) is 24.6 Å². The number of piperidine rings is 1. The van der Waals surface area contributed by atoms with Gasteiger partial charge in [0.25, 0.3) is 0 Å². The van der Waals surface area contributed by atoms with Gasteiger partial charge in [-0.2, -0.15) is 0 Å². The van der Waals surface area contributed by atoms with Gasteiger partial charge >= 0.3 is 0 Å². The van der Waals surface area contributed by atoms with Gasteiger partial charge in [0.1, 0.15) is 0 Å². The number of para-hydroxylation sites is 1. The van der Waals surface area contributed by atoms with Gasteiger partial charge in [0.05, 0.1) is 0 Å². The lowest BCUT2D eigenvalue weighted by atomic mass is 9.91. The minimum Gasteiger partial charge on any atom is -0.369 e. The van der Waals surface area contributed by atoms with E-state index in [1.54, 1.807) is 6.42 Å². The van der Waals surface area contributed by atoms with Crippen LogP contribution in [0, 0.1) is 11.8 Å². The van der Waals surface area contributed by atoms with E-state index in [4.69, 9.17) is 0 Å².